The van der Waals surface area contributed by atoms with Crippen molar-refractivity contribution in [2.75, 3.05) is 0 Å². The fourth-order valence-electron chi connectivity index (χ4n) is 11.5. The average molecular weight is 578 g/mol. The number of carboxylic acids is 1. The van der Waals surface area contributed by atoms with E-state index in [1.165, 1.54) is 5.57 Å². The first-order chi connectivity index (χ1) is 19.5. The zero-order chi connectivity index (χ0) is 30.5. The van der Waals surface area contributed by atoms with Crippen LogP contribution < -0.4 is 5.32 Å². The molecule has 5 aliphatic carbocycles. The van der Waals surface area contributed by atoms with Gasteiger partial charge in [0.25, 0.3) is 0 Å². The number of Topliss-reactive ketones (excluding diaryl/α,β-unsaturated/α-hetero) is 1. The Balaban J connectivity index is 1.37. The number of fused-ring (bicyclic) bond motifs is 7. The zero-order valence-electron chi connectivity index (χ0n) is 26.8. The topological polar surface area (TPSA) is 96.6 Å². The number of carbonyl (C=O) groups is 3. The Morgan fingerprint density at radius 1 is 0.976 bits per heavy atom. The fourth-order valence-corrected chi connectivity index (χ4v) is 11.5. The van der Waals surface area contributed by atoms with Crippen LogP contribution in [0.5, 0.6) is 0 Å². The molecule has 0 spiro atoms. The van der Waals surface area contributed by atoms with E-state index in [1.54, 1.807) is 12.3 Å². The molecular formula is C36H51NO5. The van der Waals surface area contributed by atoms with E-state index >= 15 is 0 Å². The number of hydrogen-bond donors (Lipinski definition) is 2. The van der Waals surface area contributed by atoms with Gasteiger partial charge in [-0.15, -0.1) is 0 Å². The van der Waals surface area contributed by atoms with Crippen molar-refractivity contribution in [3.8, 4) is 0 Å². The number of rotatable bonds is 4. The quantitative estimate of drug-likeness (QED) is 0.284. The Hall–Kier alpha value is -2.37. The van der Waals surface area contributed by atoms with Gasteiger partial charge in [-0.2, -0.15) is 0 Å². The second-order valence-electron chi connectivity index (χ2n) is 16.8. The molecule has 1 heterocycles. The Morgan fingerprint density at radius 2 is 1.69 bits per heavy atom. The van der Waals surface area contributed by atoms with Gasteiger partial charge in [0, 0.05) is 5.41 Å². The number of carboxylic acid groups (broad SMARTS) is 1. The highest BCUT2D eigenvalue weighted by molar-refractivity contribution is 6.04. The van der Waals surface area contributed by atoms with Crippen molar-refractivity contribution >= 4 is 17.7 Å². The summed E-state index contributed by atoms with van der Waals surface area (Å²) >= 11 is 0. The number of amides is 1. The average Bonchev–Trinajstić information content (AvgIpc) is 3.43. The molecule has 0 aromatic carbocycles. The van der Waals surface area contributed by atoms with Gasteiger partial charge in [0.2, 0.25) is 5.91 Å². The summed E-state index contributed by atoms with van der Waals surface area (Å²) < 4.78 is 5.42. The van der Waals surface area contributed by atoms with Crippen LogP contribution in [0.1, 0.15) is 112 Å². The lowest BCUT2D eigenvalue weighted by Crippen LogP contribution is -2.66. The van der Waals surface area contributed by atoms with Gasteiger partial charge in [-0.05, 0) is 109 Å². The van der Waals surface area contributed by atoms with Crippen LogP contribution in [0.15, 0.2) is 34.5 Å². The summed E-state index contributed by atoms with van der Waals surface area (Å²) in [5, 5.41) is 13.6. The van der Waals surface area contributed by atoms with Gasteiger partial charge in [-0.25, -0.2) is 0 Å². The third kappa shape index (κ3) is 3.91. The maximum absolute atomic E-state index is 13.9. The Bertz CT molecular complexity index is 1320. The molecule has 4 unspecified atom stereocenters. The first kappa shape index (κ1) is 29.7. The lowest BCUT2D eigenvalue weighted by molar-refractivity contribution is -0.195. The van der Waals surface area contributed by atoms with E-state index < -0.39 is 22.7 Å². The van der Waals surface area contributed by atoms with Crippen LogP contribution in [0, 0.1) is 56.2 Å². The standard InChI is InChI=1S/C36H51NO5/c1-31(2)14-16-36(30(40)41)17-15-34(6)24(25(36)20-31)10-11-27-33(5)19-23(29(39)37-21-22-9-8-18-42-22)28(38)32(3,4)26(33)12-13-35(27,34)7/h8-10,18,23,25-27H,11-17,19-21H2,1-7H3,(H,37,39)(H,40,41)/t23?,25?,26?,27?,33-,34+,35+,36-/m0/s1. The van der Waals surface area contributed by atoms with Crippen molar-refractivity contribution in [1.82, 2.24) is 5.32 Å². The zero-order valence-corrected chi connectivity index (χ0v) is 26.8. The van der Waals surface area contributed by atoms with E-state index in [0.29, 0.717) is 18.1 Å². The van der Waals surface area contributed by atoms with E-state index in [9.17, 15) is 19.5 Å². The third-order valence-corrected chi connectivity index (χ3v) is 14.1. The summed E-state index contributed by atoms with van der Waals surface area (Å²) in [7, 11) is 0. The van der Waals surface area contributed by atoms with Gasteiger partial charge in [-0.1, -0.05) is 60.1 Å². The third-order valence-electron chi connectivity index (χ3n) is 14.1. The first-order valence-corrected chi connectivity index (χ1v) is 16.3. The fraction of sp³-hybridized carbons (Fsp3) is 0.750. The number of ketones is 1. The molecule has 1 aromatic rings. The van der Waals surface area contributed by atoms with Crippen LogP contribution in [-0.2, 0) is 20.9 Å². The molecule has 5 aliphatic rings. The van der Waals surface area contributed by atoms with Crippen LogP contribution in [-0.4, -0.2) is 22.8 Å². The lowest BCUT2D eigenvalue weighted by atomic mass is 9.33. The number of furan rings is 1. The minimum Gasteiger partial charge on any atom is -0.481 e. The molecule has 230 valence electrons. The Morgan fingerprint density at radius 3 is 2.36 bits per heavy atom. The Labute approximate surface area is 251 Å². The van der Waals surface area contributed by atoms with Gasteiger partial charge in [0.05, 0.1) is 24.1 Å². The van der Waals surface area contributed by atoms with Crippen LogP contribution in [0.3, 0.4) is 0 Å². The van der Waals surface area contributed by atoms with Crippen LogP contribution >= 0.6 is 0 Å². The van der Waals surface area contributed by atoms with E-state index in [-0.39, 0.29) is 51.7 Å². The van der Waals surface area contributed by atoms with Crippen molar-refractivity contribution in [2.24, 2.45) is 56.2 Å². The molecular weight excluding hydrogens is 526 g/mol. The molecule has 8 atom stereocenters. The molecule has 6 rings (SSSR count). The van der Waals surface area contributed by atoms with E-state index in [1.807, 2.05) is 6.07 Å². The highest BCUT2D eigenvalue weighted by Crippen LogP contribution is 2.75. The molecule has 6 heteroatoms. The normalized spacial score (nSPS) is 43.6. The molecule has 1 amide bonds. The van der Waals surface area contributed by atoms with Gasteiger partial charge in [-0.3, -0.25) is 14.4 Å². The van der Waals surface area contributed by atoms with Crippen molar-refractivity contribution in [1.29, 1.82) is 0 Å². The van der Waals surface area contributed by atoms with Gasteiger partial charge in [0.15, 0.2) is 5.78 Å². The summed E-state index contributed by atoms with van der Waals surface area (Å²) in [4.78, 5) is 40.5. The first-order valence-electron chi connectivity index (χ1n) is 16.3. The summed E-state index contributed by atoms with van der Waals surface area (Å²) in [6, 6.07) is 3.64. The van der Waals surface area contributed by atoms with Gasteiger partial charge < -0.3 is 14.8 Å². The van der Waals surface area contributed by atoms with Crippen molar-refractivity contribution < 1.29 is 23.9 Å². The summed E-state index contributed by atoms with van der Waals surface area (Å²) in [6.45, 7) is 16.3. The summed E-state index contributed by atoms with van der Waals surface area (Å²) in [5.41, 5.74) is -0.0114. The van der Waals surface area contributed by atoms with Gasteiger partial charge >= 0.3 is 5.97 Å². The number of carbonyl (C=O) groups excluding carboxylic acids is 2. The Kier molecular flexibility index (Phi) is 6.59. The van der Waals surface area contributed by atoms with Crippen LogP contribution in [0.4, 0.5) is 0 Å². The van der Waals surface area contributed by atoms with Crippen molar-refractivity contribution in [2.45, 2.75) is 113 Å². The van der Waals surface area contributed by atoms with Crippen molar-refractivity contribution in [3.63, 3.8) is 0 Å². The molecule has 0 aliphatic heterocycles. The molecule has 0 radical (unpaired) electrons. The van der Waals surface area contributed by atoms with Crippen LogP contribution in [0.2, 0.25) is 0 Å². The molecule has 2 N–H and O–H groups in total. The highest BCUT2D eigenvalue weighted by Gasteiger charge is 2.70. The summed E-state index contributed by atoms with van der Waals surface area (Å²) in [5.74, 6) is -0.131. The van der Waals surface area contributed by atoms with Crippen molar-refractivity contribution in [3.05, 3.63) is 35.8 Å². The maximum atomic E-state index is 13.9. The molecule has 0 bridgehead atoms. The molecule has 6 nitrogen and oxygen atoms in total. The largest absolute Gasteiger partial charge is 0.481 e. The van der Waals surface area contributed by atoms with E-state index in [0.717, 1.165) is 51.4 Å². The molecule has 1 aromatic heterocycles. The minimum absolute atomic E-state index is 0.0275. The lowest BCUT2D eigenvalue weighted by Gasteiger charge is -2.70. The maximum Gasteiger partial charge on any atom is 0.310 e. The molecule has 4 saturated carbocycles. The molecule has 42 heavy (non-hydrogen) atoms. The number of nitrogens with one attached hydrogen (secondary N) is 1. The minimum atomic E-state index is -0.679. The second kappa shape index (κ2) is 9.32. The molecule has 0 saturated heterocycles. The number of allylic oxidation sites excluding steroid dienone is 2. The molecule has 4 fully saturated rings. The SMILES string of the molecule is CC1(C)CC[C@]2(C(=O)O)CC[C@]3(C)C(=CCC4[C@@]5(C)CC(C(=O)NCc6ccco6)C(=O)C(C)(C)C5CC[C@]43C)C2C1. The predicted molar refractivity (Wildman–Crippen MR) is 161 cm³/mol. The monoisotopic (exact) mass is 577 g/mol. The smallest absolute Gasteiger partial charge is 0.310 e. The second-order valence-corrected chi connectivity index (χ2v) is 16.8. The van der Waals surface area contributed by atoms with Crippen LogP contribution in [0.25, 0.3) is 0 Å². The number of hydrogen-bond acceptors (Lipinski definition) is 4. The highest BCUT2D eigenvalue weighted by atomic mass is 16.4. The summed E-state index contributed by atoms with van der Waals surface area (Å²) in [6.07, 6.45) is 11.8. The van der Waals surface area contributed by atoms with Gasteiger partial charge in [0.1, 0.15) is 5.76 Å². The van der Waals surface area contributed by atoms with E-state index in [4.69, 9.17) is 4.42 Å². The van der Waals surface area contributed by atoms with E-state index in [2.05, 4.69) is 59.9 Å². The number of aliphatic carboxylic acids is 1. The predicted octanol–water partition coefficient (Wildman–Crippen LogP) is 7.58.